The Labute approximate surface area is 192 Å². The van der Waals surface area contributed by atoms with Crippen molar-refractivity contribution in [3.63, 3.8) is 0 Å². The van der Waals surface area contributed by atoms with Gasteiger partial charge in [-0.3, -0.25) is 9.59 Å². The van der Waals surface area contributed by atoms with Crippen LogP contribution in [0.15, 0.2) is 39.5 Å². The number of nitrogens with zero attached hydrogens (tertiary/aromatic N) is 1. The largest absolute Gasteiger partial charge is 0.490 e. The van der Waals surface area contributed by atoms with E-state index in [4.69, 9.17) is 18.6 Å². The minimum Gasteiger partial charge on any atom is -0.490 e. The van der Waals surface area contributed by atoms with Gasteiger partial charge < -0.3 is 23.5 Å². The summed E-state index contributed by atoms with van der Waals surface area (Å²) in [6.07, 6.45) is 0. The molecule has 1 aromatic heterocycles. The van der Waals surface area contributed by atoms with Crippen LogP contribution in [0.3, 0.4) is 0 Å². The lowest BCUT2D eigenvalue weighted by Crippen LogP contribution is -2.32. The Morgan fingerprint density at radius 3 is 2.36 bits per heavy atom. The quantitative estimate of drug-likeness (QED) is 0.505. The fraction of sp³-hybridized carbons (Fsp3) is 0.385. The van der Waals surface area contributed by atoms with Crippen LogP contribution in [0.2, 0.25) is 0 Å². The number of aryl methyl sites for hydroxylation is 2. The second kappa shape index (κ2) is 9.27. The molecular formula is C26H29NO6. The van der Waals surface area contributed by atoms with Gasteiger partial charge in [-0.25, -0.2) is 0 Å². The molecule has 0 saturated carbocycles. The Morgan fingerprint density at radius 2 is 1.67 bits per heavy atom. The Balaban J connectivity index is 1.94. The highest BCUT2D eigenvalue weighted by molar-refractivity contribution is 5.99. The molecule has 1 unspecified atom stereocenters. The van der Waals surface area contributed by atoms with Gasteiger partial charge in [-0.05, 0) is 68.7 Å². The molecule has 0 aliphatic carbocycles. The smallest absolute Gasteiger partial charge is 0.290 e. The molecule has 7 nitrogen and oxygen atoms in total. The number of carbonyl (C=O) groups is 1. The van der Waals surface area contributed by atoms with Gasteiger partial charge in [0.2, 0.25) is 5.76 Å². The van der Waals surface area contributed by atoms with Gasteiger partial charge in [0, 0.05) is 13.7 Å². The molecule has 0 fully saturated rings. The molecule has 0 bridgehead atoms. The van der Waals surface area contributed by atoms with E-state index in [0.717, 1.165) is 16.7 Å². The number of methoxy groups -OCH3 is 1. The Bertz CT molecular complexity index is 1260. The molecule has 7 heteroatoms. The van der Waals surface area contributed by atoms with E-state index >= 15 is 0 Å². The highest BCUT2D eigenvalue weighted by Gasteiger charge is 2.42. The monoisotopic (exact) mass is 451 g/mol. The van der Waals surface area contributed by atoms with Gasteiger partial charge in [0.1, 0.15) is 5.58 Å². The summed E-state index contributed by atoms with van der Waals surface area (Å²) in [5.41, 5.74) is 3.31. The van der Waals surface area contributed by atoms with E-state index in [1.807, 2.05) is 58.0 Å². The van der Waals surface area contributed by atoms with Gasteiger partial charge in [0.15, 0.2) is 16.9 Å². The van der Waals surface area contributed by atoms with Crippen molar-refractivity contribution in [2.75, 3.05) is 33.5 Å². The first-order valence-corrected chi connectivity index (χ1v) is 11.2. The van der Waals surface area contributed by atoms with E-state index in [2.05, 4.69) is 0 Å². The fourth-order valence-corrected chi connectivity index (χ4v) is 4.28. The van der Waals surface area contributed by atoms with Crippen LogP contribution >= 0.6 is 0 Å². The highest BCUT2D eigenvalue weighted by atomic mass is 16.5. The zero-order valence-electron chi connectivity index (χ0n) is 19.7. The van der Waals surface area contributed by atoms with E-state index in [9.17, 15) is 9.59 Å². The van der Waals surface area contributed by atoms with Crippen LogP contribution in [0, 0.1) is 13.8 Å². The molecule has 4 rings (SSSR count). The van der Waals surface area contributed by atoms with Crippen molar-refractivity contribution in [1.29, 1.82) is 0 Å². The lowest BCUT2D eigenvalue weighted by molar-refractivity contribution is 0.0663. The predicted molar refractivity (Wildman–Crippen MR) is 125 cm³/mol. The number of amides is 1. The van der Waals surface area contributed by atoms with Crippen LogP contribution < -0.4 is 14.9 Å². The second-order valence-corrected chi connectivity index (χ2v) is 8.07. The van der Waals surface area contributed by atoms with Crippen molar-refractivity contribution in [2.45, 2.75) is 33.7 Å². The average Bonchev–Trinajstić information content (AvgIpc) is 3.07. The summed E-state index contributed by atoms with van der Waals surface area (Å²) >= 11 is 0. The molecule has 3 aromatic rings. The predicted octanol–water partition coefficient (Wildman–Crippen LogP) is 4.40. The number of fused-ring (bicyclic) bond motifs is 2. The summed E-state index contributed by atoms with van der Waals surface area (Å²) in [5, 5.41) is 0.471. The number of carbonyl (C=O) groups excluding carboxylic acids is 1. The van der Waals surface area contributed by atoms with E-state index in [-0.39, 0.29) is 17.1 Å². The van der Waals surface area contributed by atoms with Crippen molar-refractivity contribution >= 4 is 16.9 Å². The lowest BCUT2D eigenvalue weighted by atomic mass is 9.97. The molecule has 1 atom stereocenters. The minimum absolute atomic E-state index is 0.0868. The van der Waals surface area contributed by atoms with Gasteiger partial charge in [-0.1, -0.05) is 6.07 Å². The molecule has 0 saturated heterocycles. The molecule has 0 radical (unpaired) electrons. The molecule has 174 valence electrons. The Kier molecular flexibility index (Phi) is 6.42. The SMILES string of the molecule is CCOc1ccc(C2c3c(oc4cc(C)c(C)cc4c3=O)C(=O)N2CCOC)cc1OCC. The van der Waals surface area contributed by atoms with Crippen molar-refractivity contribution < 1.29 is 23.4 Å². The summed E-state index contributed by atoms with van der Waals surface area (Å²) in [5.74, 6) is 0.952. The maximum absolute atomic E-state index is 13.7. The second-order valence-electron chi connectivity index (χ2n) is 8.07. The van der Waals surface area contributed by atoms with Crippen molar-refractivity contribution in [3.8, 4) is 11.5 Å². The third kappa shape index (κ3) is 3.97. The van der Waals surface area contributed by atoms with Crippen molar-refractivity contribution in [2.24, 2.45) is 0 Å². The molecule has 1 aliphatic rings. The van der Waals surface area contributed by atoms with Crippen LogP contribution in [0.25, 0.3) is 11.0 Å². The van der Waals surface area contributed by atoms with E-state index < -0.39 is 6.04 Å². The van der Waals surface area contributed by atoms with Gasteiger partial charge in [-0.2, -0.15) is 0 Å². The summed E-state index contributed by atoms with van der Waals surface area (Å²) in [7, 11) is 1.58. The van der Waals surface area contributed by atoms with Gasteiger partial charge in [-0.15, -0.1) is 0 Å². The normalized spacial score (nSPS) is 15.2. The summed E-state index contributed by atoms with van der Waals surface area (Å²) in [6.45, 7) is 9.31. The van der Waals surface area contributed by atoms with Crippen LogP contribution in [-0.2, 0) is 4.74 Å². The lowest BCUT2D eigenvalue weighted by Gasteiger charge is -2.25. The maximum atomic E-state index is 13.7. The molecule has 0 spiro atoms. The van der Waals surface area contributed by atoms with Crippen molar-refractivity contribution in [3.05, 3.63) is 68.6 Å². The standard InChI is InChI=1S/C26H29NO6/c1-6-31-19-9-8-17(14-21(19)32-7-2)23-22-24(28)18-12-15(3)16(4)13-20(18)33-25(22)26(29)27(23)10-11-30-5/h8-9,12-14,23H,6-7,10-11H2,1-5H3. The molecule has 33 heavy (non-hydrogen) atoms. The first-order chi connectivity index (χ1) is 15.9. The van der Waals surface area contributed by atoms with Crippen LogP contribution in [0.1, 0.15) is 52.7 Å². The van der Waals surface area contributed by atoms with Crippen molar-refractivity contribution in [1.82, 2.24) is 4.90 Å². The fourth-order valence-electron chi connectivity index (χ4n) is 4.28. The maximum Gasteiger partial charge on any atom is 0.290 e. The van der Waals surface area contributed by atoms with Gasteiger partial charge >= 0.3 is 0 Å². The highest BCUT2D eigenvalue weighted by Crippen LogP contribution is 2.41. The minimum atomic E-state index is -0.611. The van der Waals surface area contributed by atoms with Crippen LogP contribution in [0.5, 0.6) is 11.5 Å². The zero-order valence-corrected chi connectivity index (χ0v) is 19.7. The van der Waals surface area contributed by atoms with Crippen LogP contribution in [0.4, 0.5) is 0 Å². The number of ether oxygens (including phenoxy) is 3. The van der Waals surface area contributed by atoms with E-state index in [0.29, 0.717) is 54.4 Å². The summed E-state index contributed by atoms with van der Waals surface area (Å²) in [4.78, 5) is 28.7. The number of rotatable bonds is 8. The Morgan fingerprint density at radius 1 is 0.970 bits per heavy atom. The first kappa shape index (κ1) is 22.9. The Hall–Kier alpha value is -3.32. The van der Waals surface area contributed by atoms with Crippen LogP contribution in [-0.4, -0.2) is 44.3 Å². The third-order valence-corrected chi connectivity index (χ3v) is 6.00. The summed E-state index contributed by atoms with van der Waals surface area (Å²) in [6, 6.07) is 8.56. The molecule has 0 N–H and O–H groups in total. The number of benzene rings is 2. The van der Waals surface area contributed by atoms with E-state index in [1.165, 1.54) is 0 Å². The average molecular weight is 452 g/mol. The van der Waals surface area contributed by atoms with Gasteiger partial charge in [0.25, 0.3) is 5.91 Å². The number of hydrogen-bond acceptors (Lipinski definition) is 6. The molecule has 1 amide bonds. The molecule has 2 heterocycles. The molecule has 2 aromatic carbocycles. The van der Waals surface area contributed by atoms with E-state index in [1.54, 1.807) is 12.0 Å². The third-order valence-electron chi connectivity index (χ3n) is 6.00. The molecular weight excluding hydrogens is 422 g/mol. The van der Waals surface area contributed by atoms with Gasteiger partial charge in [0.05, 0.1) is 36.8 Å². The molecule has 1 aliphatic heterocycles. The topological polar surface area (TPSA) is 78.2 Å². The number of hydrogen-bond donors (Lipinski definition) is 0. The summed E-state index contributed by atoms with van der Waals surface area (Å²) < 4.78 is 22.8. The first-order valence-electron chi connectivity index (χ1n) is 11.2. The zero-order chi connectivity index (χ0) is 23.7.